The van der Waals surface area contributed by atoms with E-state index in [1.54, 1.807) is 0 Å². The van der Waals surface area contributed by atoms with Crippen molar-refractivity contribution < 1.29 is 0 Å². The lowest BCUT2D eigenvalue weighted by molar-refractivity contribution is 0.678. The minimum atomic E-state index is 1.02. The van der Waals surface area contributed by atoms with Crippen LogP contribution in [0.5, 0.6) is 0 Å². The summed E-state index contributed by atoms with van der Waals surface area (Å²) in [7, 11) is 0. The average molecular weight is 282 g/mol. The van der Waals surface area contributed by atoms with E-state index in [-0.39, 0.29) is 0 Å². The van der Waals surface area contributed by atoms with E-state index >= 15 is 0 Å². The lowest BCUT2D eigenvalue weighted by atomic mass is 10.1. The first-order chi connectivity index (χ1) is 7.83. The number of hydrogen-bond acceptors (Lipinski definition) is 1. The summed E-state index contributed by atoms with van der Waals surface area (Å²) in [6.07, 6.45) is 7.85. The zero-order valence-corrected chi connectivity index (χ0v) is 11.5. The molecule has 0 bridgehead atoms. The molecule has 88 valence electrons. The third-order valence-corrected chi connectivity index (χ3v) is 2.82. The quantitative estimate of drug-likeness (QED) is 0.590. The maximum Gasteiger partial charge on any atom is 0.0178 e. The first-order valence-electron chi connectivity index (χ1n) is 5.93. The van der Waals surface area contributed by atoms with E-state index in [0.717, 1.165) is 30.4 Å². The number of nitrogens with one attached hydrogen (secondary N) is 1. The fourth-order valence-electron chi connectivity index (χ4n) is 1.49. The Morgan fingerprint density at radius 1 is 1.25 bits per heavy atom. The number of hydrogen-bond donors (Lipinski definition) is 1. The summed E-state index contributed by atoms with van der Waals surface area (Å²) >= 11 is 3.48. The molecule has 0 radical (unpaired) electrons. The average Bonchev–Trinajstić information content (AvgIpc) is 2.28. The molecule has 0 fully saturated rings. The van der Waals surface area contributed by atoms with E-state index in [1.807, 2.05) is 0 Å². The Labute approximate surface area is 107 Å². The van der Waals surface area contributed by atoms with Crippen LogP contribution in [0.3, 0.4) is 0 Å². The van der Waals surface area contributed by atoms with E-state index in [9.17, 15) is 0 Å². The van der Waals surface area contributed by atoms with Gasteiger partial charge in [0, 0.05) is 4.47 Å². The smallest absolute Gasteiger partial charge is 0.0178 e. The van der Waals surface area contributed by atoms with Crippen molar-refractivity contribution >= 4 is 15.9 Å². The molecule has 0 atom stereocenters. The van der Waals surface area contributed by atoms with Crippen molar-refractivity contribution in [3.8, 4) is 0 Å². The molecule has 0 heterocycles. The van der Waals surface area contributed by atoms with Crippen molar-refractivity contribution in [1.82, 2.24) is 5.32 Å². The van der Waals surface area contributed by atoms with Gasteiger partial charge in [-0.15, -0.1) is 0 Å². The lowest BCUT2D eigenvalue weighted by Gasteiger charge is -1.99. The predicted octanol–water partition coefficient (Wildman–Crippen LogP) is 3.94. The van der Waals surface area contributed by atoms with Gasteiger partial charge in [0.2, 0.25) is 0 Å². The Kier molecular flexibility index (Phi) is 7.19. The SMILES string of the molecule is CCCNCCC=CCc1cccc(Br)c1. The van der Waals surface area contributed by atoms with Gasteiger partial charge in [0.15, 0.2) is 0 Å². The monoisotopic (exact) mass is 281 g/mol. The largest absolute Gasteiger partial charge is 0.316 e. The first kappa shape index (κ1) is 13.5. The summed E-state index contributed by atoms with van der Waals surface area (Å²) in [4.78, 5) is 0. The topological polar surface area (TPSA) is 12.0 Å². The van der Waals surface area contributed by atoms with Crippen molar-refractivity contribution in [3.05, 3.63) is 46.5 Å². The van der Waals surface area contributed by atoms with Crippen LogP contribution >= 0.6 is 15.9 Å². The zero-order valence-electron chi connectivity index (χ0n) is 9.88. The van der Waals surface area contributed by atoms with Gasteiger partial charge in [-0.05, 0) is 50.0 Å². The molecule has 2 heteroatoms. The molecule has 1 nitrogen and oxygen atoms in total. The van der Waals surface area contributed by atoms with Crippen LogP contribution in [0.1, 0.15) is 25.3 Å². The molecule has 0 spiro atoms. The maximum absolute atomic E-state index is 3.48. The van der Waals surface area contributed by atoms with Crippen LogP contribution in [0, 0.1) is 0 Å². The standard InChI is InChI=1S/C14H20BrN/c1-2-10-16-11-5-3-4-7-13-8-6-9-14(15)12-13/h3-4,6,8-9,12,16H,2,5,7,10-11H2,1H3. The van der Waals surface area contributed by atoms with E-state index in [2.05, 4.69) is 64.6 Å². The number of halogens is 1. The second kappa shape index (κ2) is 8.54. The van der Waals surface area contributed by atoms with Gasteiger partial charge >= 0.3 is 0 Å². The van der Waals surface area contributed by atoms with E-state index in [0.29, 0.717) is 0 Å². The van der Waals surface area contributed by atoms with Gasteiger partial charge in [0.05, 0.1) is 0 Å². The van der Waals surface area contributed by atoms with Crippen LogP contribution in [0.25, 0.3) is 0 Å². The van der Waals surface area contributed by atoms with Crippen LogP contribution in [0.2, 0.25) is 0 Å². The minimum Gasteiger partial charge on any atom is -0.316 e. The summed E-state index contributed by atoms with van der Waals surface area (Å²) in [5, 5.41) is 3.38. The molecule has 0 saturated carbocycles. The molecule has 0 saturated heterocycles. The van der Waals surface area contributed by atoms with Crippen LogP contribution in [-0.2, 0) is 6.42 Å². The summed E-state index contributed by atoms with van der Waals surface area (Å²) in [6, 6.07) is 8.46. The molecular formula is C14H20BrN. The summed E-state index contributed by atoms with van der Waals surface area (Å²) in [5.41, 5.74) is 1.35. The maximum atomic E-state index is 3.48. The van der Waals surface area contributed by atoms with Gasteiger partial charge < -0.3 is 5.32 Å². The molecule has 1 aromatic rings. The highest BCUT2D eigenvalue weighted by atomic mass is 79.9. The highest BCUT2D eigenvalue weighted by Gasteiger charge is 1.90. The molecule has 0 aliphatic heterocycles. The van der Waals surface area contributed by atoms with Crippen LogP contribution in [-0.4, -0.2) is 13.1 Å². The fraction of sp³-hybridized carbons (Fsp3) is 0.429. The van der Waals surface area contributed by atoms with Crippen LogP contribution in [0.15, 0.2) is 40.9 Å². The van der Waals surface area contributed by atoms with Gasteiger partial charge in [-0.3, -0.25) is 0 Å². The van der Waals surface area contributed by atoms with Gasteiger partial charge in [-0.2, -0.15) is 0 Å². The van der Waals surface area contributed by atoms with Gasteiger partial charge in [-0.25, -0.2) is 0 Å². The van der Waals surface area contributed by atoms with Crippen molar-refractivity contribution in [2.45, 2.75) is 26.2 Å². The summed E-state index contributed by atoms with van der Waals surface area (Å²) in [5.74, 6) is 0. The molecule has 0 aliphatic carbocycles. The normalized spacial score (nSPS) is 11.1. The molecule has 1 rings (SSSR count). The number of benzene rings is 1. The van der Waals surface area contributed by atoms with Crippen molar-refractivity contribution in [3.63, 3.8) is 0 Å². The Hall–Kier alpha value is -0.600. The third-order valence-electron chi connectivity index (χ3n) is 2.32. The number of rotatable bonds is 7. The van der Waals surface area contributed by atoms with Gasteiger partial charge in [-0.1, -0.05) is 47.1 Å². The second-order valence-corrected chi connectivity index (χ2v) is 4.76. The highest BCUT2D eigenvalue weighted by Crippen LogP contribution is 2.12. The lowest BCUT2D eigenvalue weighted by Crippen LogP contribution is -2.14. The molecule has 1 aromatic carbocycles. The Morgan fingerprint density at radius 3 is 2.88 bits per heavy atom. The van der Waals surface area contributed by atoms with Gasteiger partial charge in [0.1, 0.15) is 0 Å². The summed E-state index contributed by atoms with van der Waals surface area (Å²) in [6.45, 7) is 4.40. The van der Waals surface area contributed by atoms with E-state index < -0.39 is 0 Å². The molecular weight excluding hydrogens is 262 g/mol. The second-order valence-electron chi connectivity index (χ2n) is 3.84. The molecule has 0 unspecified atom stereocenters. The minimum absolute atomic E-state index is 1.02. The van der Waals surface area contributed by atoms with Crippen molar-refractivity contribution in [2.75, 3.05) is 13.1 Å². The zero-order chi connectivity index (χ0) is 11.6. The Balaban J connectivity index is 2.16. The number of allylic oxidation sites excluding steroid dienone is 1. The van der Waals surface area contributed by atoms with E-state index in [1.165, 1.54) is 12.0 Å². The highest BCUT2D eigenvalue weighted by molar-refractivity contribution is 9.10. The Bertz CT molecular complexity index is 320. The fourth-order valence-corrected chi connectivity index (χ4v) is 1.94. The van der Waals surface area contributed by atoms with Crippen LogP contribution < -0.4 is 5.32 Å². The first-order valence-corrected chi connectivity index (χ1v) is 6.72. The molecule has 16 heavy (non-hydrogen) atoms. The molecule has 0 aliphatic rings. The predicted molar refractivity (Wildman–Crippen MR) is 74.8 cm³/mol. The third kappa shape index (κ3) is 6.09. The summed E-state index contributed by atoms with van der Waals surface area (Å²) < 4.78 is 1.16. The molecule has 1 N–H and O–H groups in total. The molecule has 0 amide bonds. The van der Waals surface area contributed by atoms with Crippen molar-refractivity contribution in [1.29, 1.82) is 0 Å². The van der Waals surface area contributed by atoms with Gasteiger partial charge in [0.25, 0.3) is 0 Å². The van der Waals surface area contributed by atoms with Crippen LogP contribution in [0.4, 0.5) is 0 Å². The van der Waals surface area contributed by atoms with Crippen molar-refractivity contribution in [2.24, 2.45) is 0 Å². The van der Waals surface area contributed by atoms with E-state index in [4.69, 9.17) is 0 Å². The molecule has 0 aromatic heterocycles. The Morgan fingerprint density at radius 2 is 2.12 bits per heavy atom.